The van der Waals surface area contributed by atoms with E-state index in [9.17, 15) is 9.59 Å². The standard InChI is InChI=1S/C21H31N3O3/c1-14-13-18(15(2)16(3)19(14)27-4)20(25)23-9-11-24(12-10-23)21(26)22-17-7-5-6-8-17/h13,17H,5-12H2,1-4H3,(H,22,26). The van der Waals surface area contributed by atoms with Gasteiger partial charge >= 0.3 is 6.03 Å². The van der Waals surface area contributed by atoms with Crippen LogP contribution < -0.4 is 10.1 Å². The van der Waals surface area contributed by atoms with Crippen LogP contribution in [0, 0.1) is 20.8 Å². The predicted octanol–water partition coefficient (Wildman–Crippen LogP) is 3.03. The molecule has 2 fully saturated rings. The zero-order valence-corrected chi connectivity index (χ0v) is 16.9. The van der Waals surface area contributed by atoms with Crippen LogP contribution in [0.3, 0.4) is 0 Å². The van der Waals surface area contributed by atoms with Gasteiger partial charge in [-0.25, -0.2) is 4.79 Å². The highest BCUT2D eigenvalue weighted by molar-refractivity contribution is 5.96. The molecule has 0 unspecified atom stereocenters. The Morgan fingerprint density at radius 1 is 1.00 bits per heavy atom. The number of benzene rings is 1. The number of amides is 3. The van der Waals surface area contributed by atoms with Crippen LogP contribution in [-0.2, 0) is 0 Å². The van der Waals surface area contributed by atoms with Gasteiger partial charge in [-0.05, 0) is 56.4 Å². The molecule has 1 N–H and O–H groups in total. The van der Waals surface area contributed by atoms with Crippen molar-refractivity contribution in [3.8, 4) is 5.75 Å². The highest BCUT2D eigenvalue weighted by Gasteiger charge is 2.28. The van der Waals surface area contributed by atoms with Gasteiger partial charge in [0.2, 0.25) is 0 Å². The SMILES string of the molecule is COc1c(C)cc(C(=O)N2CCN(C(=O)NC3CCCC3)CC2)c(C)c1C. The van der Waals surface area contributed by atoms with E-state index < -0.39 is 0 Å². The first kappa shape index (κ1) is 19.5. The van der Waals surface area contributed by atoms with Gasteiger partial charge in [0.25, 0.3) is 5.91 Å². The number of aryl methyl sites for hydroxylation is 1. The summed E-state index contributed by atoms with van der Waals surface area (Å²) in [6.45, 7) is 8.22. The summed E-state index contributed by atoms with van der Waals surface area (Å²) >= 11 is 0. The van der Waals surface area contributed by atoms with Crippen molar-refractivity contribution >= 4 is 11.9 Å². The number of piperazine rings is 1. The largest absolute Gasteiger partial charge is 0.496 e. The third kappa shape index (κ3) is 4.04. The number of rotatable bonds is 3. The Balaban J connectivity index is 1.62. The van der Waals surface area contributed by atoms with Gasteiger partial charge in [-0.1, -0.05) is 12.8 Å². The number of urea groups is 1. The molecule has 0 atom stereocenters. The summed E-state index contributed by atoms with van der Waals surface area (Å²) < 4.78 is 5.46. The molecule has 1 aliphatic carbocycles. The fourth-order valence-electron chi connectivity index (χ4n) is 4.21. The van der Waals surface area contributed by atoms with E-state index in [4.69, 9.17) is 4.74 Å². The zero-order valence-electron chi connectivity index (χ0n) is 16.9. The van der Waals surface area contributed by atoms with Crippen LogP contribution in [0.4, 0.5) is 4.79 Å². The van der Waals surface area contributed by atoms with Gasteiger partial charge in [0.1, 0.15) is 5.75 Å². The van der Waals surface area contributed by atoms with E-state index in [-0.39, 0.29) is 11.9 Å². The maximum absolute atomic E-state index is 13.0. The molecule has 1 aliphatic heterocycles. The molecular formula is C21H31N3O3. The molecule has 1 aromatic rings. The second-order valence-electron chi connectivity index (χ2n) is 7.73. The number of hydrogen-bond donors (Lipinski definition) is 1. The van der Waals surface area contributed by atoms with Gasteiger partial charge in [0.05, 0.1) is 7.11 Å². The van der Waals surface area contributed by atoms with Crippen molar-refractivity contribution in [3.63, 3.8) is 0 Å². The second-order valence-corrected chi connectivity index (χ2v) is 7.73. The van der Waals surface area contributed by atoms with E-state index in [1.807, 2.05) is 36.6 Å². The summed E-state index contributed by atoms with van der Waals surface area (Å²) in [6.07, 6.45) is 4.57. The molecule has 0 bridgehead atoms. The van der Waals surface area contributed by atoms with E-state index in [1.54, 1.807) is 7.11 Å². The molecular weight excluding hydrogens is 342 g/mol. The fourth-order valence-corrected chi connectivity index (χ4v) is 4.21. The number of nitrogens with zero attached hydrogens (tertiary/aromatic N) is 2. The van der Waals surface area contributed by atoms with Crippen LogP contribution in [0.25, 0.3) is 0 Å². The summed E-state index contributed by atoms with van der Waals surface area (Å²) in [6, 6.07) is 2.26. The second kappa shape index (κ2) is 8.19. The van der Waals surface area contributed by atoms with E-state index in [2.05, 4.69) is 5.32 Å². The van der Waals surface area contributed by atoms with E-state index in [1.165, 1.54) is 12.8 Å². The molecule has 2 aliphatic rings. The first-order chi connectivity index (χ1) is 12.9. The van der Waals surface area contributed by atoms with Gasteiger partial charge in [-0.3, -0.25) is 4.79 Å². The lowest BCUT2D eigenvalue weighted by Gasteiger charge is -2.35. The van der Waals surface area contributed by atoms with Gasteiger partial charge in [-0.15, -0.1) is 0 Å². The fraction of sp³-hybridized carbons (Fsp3) is 0.619. The van der Waals surface area contributed by atoms with E-state index in [0.717, 1.165) is 40.8 Å². The van der Waals surface area contributed by atoms with Crippen LogP contribution in [0.15, 0.2) is 6.07 Å². The molecule has 1 saturated heterocycles. The number of nitrogens with one attached hydrogen (secondary N) is 1. The number of hydrogen-bond acceptors (Lipinski definition) is 3. The number of methoxy groups -OCH3 is 1. The first-order valence-corrected chi connectivity index (χ1v) is 9.92. The summed E-state index contributed by atoms with van der Waals surface area (Å²) in [5.41, 5.74) is 3.67. The molecule has 0 radical (unpaired) electrons. The minimum absolute atomic E-state index is 0.0151. The van der Waals surface area contributed by atoms with Crippen molar-refractivity contribution in [3.05, 3.63) is 28.3 Å². The Kier molecular flexibility index (Phi) is 5.92. The molecule has 148 valence electrons. The summed E-state index contributed by atoms with van der Waals surface area (Å²) in [5, 5.41) is 3.13. The van der Waals surface area contributed by atoms with Crippen LogP contribution in [0.1, 0.15) is 52.7 Å². The van der Waals surface area contributed by atoms with Crippen LogP contribution in [0.2, 0.25) is 0 Å². The Morgan fingerprint density at radius 3 is 2.19 bits per heavy atom. The lowest BCUT2D eigenvalue weighted by atomic mass is 9.97. The minimum Gasteiger partial charge on any atom is -0.496 e. The molecule has 3 amide bonds. The van der Waals surface area contributed by atoms with Crippen molar-refractivity contribution in [1.82, 2.24) is 15.1 Å². The molecule has 6 heteroatoms. The quantitative estimate of drug-likeness (QED) is 0.886. The van der Waals surface area contributed by atoms with Gasteiger partial charge in [-0.2, -0.15) is 0 Å². The molecule has 3 rings (SSSR count). The molecule has 0 aromatic heterocycles. The number of carbonyl (C=O) groups excluding carboxylic acids is 2. The van der Waals surface area contributed by atoms with Gasteiger partial charge < -0.3 is 19.9 Å². The van der Waals surface area contributed by atoms with E-state index in [0.29, 0.717) is 32.2 Å². The first-order valence-electron chi connectivity index (χ1n) is 9.92. The highest BCUT2D eigenvalue weighted by atomic mass is 16.5. The van der Waals surface area contributed by atoms with Crippen molar-refractivity contribution in [2.24, 2.45) is 0 Å². The Labute approximate surface area is 161 Å². The summed E-state index contributed by atoms with van der Waals surface area (Å²) in [5.74, 6) is 0.884. The zero-order chi connectivity index (χ0) is 19.6. The topological polar surface area (TPSA) is 61.9 Å². The normalized spacial score (nSPS) is 17.9. The summed E-state index contributed by atoms with van der Waals surface area (Å²) in [4.78, 5) is 29.1. The third-order valence-electron chi connectivity index (χ3n) is 6.00. The van der Waals surface area contributed by atoms with Crippen molar-refractivity contribution in [2.75, 3.05) is 33.3 Å². The Bertz CT molecular complexity index is 718. The number of carbonyl (C=O) groups is 2. The average molecular weight is 373 g/mol. The molecule has 1 aromatic carbocycles. The molecule has 1 heterocycles. The average Bonchev–Trinajstić information content (AvgIpc) is 3.17. The third-order valence-corrected chi connectivity index (χ3v) is 6.00. The predicted molar refractivity (Wildman–Crippen MR) is 105 cm³/mol. The Hall–Kier alpha value is -2.24. The minimum atomic E-state index is 0.0151. The monoisotopic (exact) mass is 373 g/mol. The lowest BCUT2D eigenvalue weighted by molar-refractivity contribution is 0.0662. The van der Waals surface area contributed by atoms with Crippen LogP contribution in [0.5, 0.6) is 5.75 Å². The van der Waals surface area contributed by atoms with Crippen molar-refractivity contribution in [1.29, 1.82) is 0 Å². The lowest BCUT2D eigenvalue weighted by Crippen LogP contribution is -2.54. The molecule has 27 heavy (non-hydrogen) atoms. The number of ether oxygens (including phenoxy) is 1. The molecule has 1 saturated carbocycles. The van der Waals surface area contributed by atoms with Crippen LogP contribution >= 0.6 is 0 Å². The Morgan fingerprint density at radius 2 is 1.59 bits per heavy atom. The van der Waals surface area contributed by atoms with Crippen LogP contribution in [-0.4, -0.2) is 61.1 Å². The van der Waals surface area contributed by atoms with Gasteiger partial charge in [0.15, 0.2) is 0 Å². The molecule has 6 nitrogen and oxygen atoms in total. The van der Waals surface area contributed by atoms with Gasteiger partial charge in [0, 0.05) is 37.8 Å². The van der Waals surface area contributed by atoms with E-state index >= 15 is 0 Å². The highest BCUT2D eigenvalue weighted by Crippen LogP contribution is 2.29. The van der Waals surface area contributed by atoms with Crippen molar-refractivity contribution in [2.45, 2.75) is 52.5 Å². The smallest absolute Gasteiger partial charge is 0.317 e. The molecule has 0 spiro atoms. The maximum Gasteiger partial charge on any atom is 0.317 e. The summed E-state index contributed by atoms with van der Waals surface area (Å²) in [7, 11) is 1.66. The van der Waals surface area contributed by atoms with Crippen molar-refractivity contribution < 1.29 is 14.3 Å². The maximum atomic E-state index is 13.0.